The number of unbranched alkanes of at least 4 members (excludes halogenated alkanes) is 1. The highest BCUT2D eigenvalue weighted by Gasteiger charge is 2.44. The summed E-state index contributed by atoms with van der Waals surface area (Å²) in [5.74, 6) is -1.34. The number of aliphatic hydroxyl groups is 1. The number of nitrogens with two attached hydrogens (primary N) is 2. The van der Waals surface area contributed by atoms with E-state index in [0.29, 0.717) is 19.4 Å². The number of aryl methyl sites for hydroxylation is 2. The Labute approximate surface area is 317 Å². The molecule has 4 rings (SSSR count). The average molecular weight is 749 g/mol. The van der Waals surface area contributed by atoms with Crippen molar-refractivity contribution in [2.24, 2.45) is 16.9 Å². The van der Waals surface area contributed by atoms with Gasteiger partial charge in [-0.15, -0.1) is 11.3 Å². The summed E-state index contributed by atoms with van der Waals surface area (Å²) in [7, 11) is 0. The number of β-amino-alcohol motifs (C(OH)–C–C–N with tert-alkyl or cyclic N) is 1. The second-order valence-electron chi connectivity index (χ2n) is 15.2. The molecule has 0 spiro atoms. The molecule has 1 aliphatic heterocycles. The molecule has 1 fully saturated rings. The second-order valence-corrected chi connectivity index (χ2v) is 16.0. The number of carbonyl (C=O) groups excluding carboxylic acids is 4. The third kappa shape index (κ3) is 12.4. The van der Waals surface area contributed by atoms with Gasteiger partial charge in [-0.3, -0.25) is 19.2 Å². The van der Waals surface area contributed by atoms with E-state index in [9.17, 15) is 24.3 Å². The van der Waals surface area contributed by atoms with Gasteiger partial charge >= 0.3 is 0 Å². The molecule has 0 bridgehead atoms. The van der Waals surface area contributed by atoms with Crippen molar-refractivity contribution in [2.75, 3.05) is 6.54 Å². The number of ether oxygens (including phenoxy) is 1. The summed E-state index contributed by atoms with van der Waals surface area (Å²) in [5.41, 5.74) is 17.6. The van der Waals surface area contributed by atoms with Crippen LogP contribution in [0.3, 0.4) is 0 Å². The van der Waals surface area contributed by atoms with E-state index in [1.807, 2.05) is 82.6 Å². The van der Waals surface area contributed by atoms with Gasteiger partial charge < -0.3 is 36.8 Å². The smallest absolute Gasteiger partial charge is 0.246 e. The fraction of sp³-hybridized carbons (Fsp3) is 0.525. The Morgan fingerprint density at radius 1 is 1.06 bits per heavy atom. The van der Waals surface area contributed by atoms with Crippen molar-refractivity contribution < 1.29 is 29.0 Å². The van der Waals surface area contributed by atoms with Crippen molar-refractivity contribution in [1.29, 1.82) is 0 Å². The minimum absolute atomic E-state index is 0.0212. The molecule has 0 saturated carbocycles. The van der Waals surface area contributed by atoms with Gasteiger partial charge in [-0.25, -0.2) is 4.98 Å². The van der Waals surface area contributed by atoms with Crippen LogP contribution < -0.4 is 22.1 Å². The van der Waals surface area contributed by atoms with Gasteiger partial charge in [-0.2, -0.15) is 0 Å². The Morgan fingerprint density at radius 2 is 1.77 bits per heavy atom. The van der Waals surface area contributed by atoms with Crippen molar-refractivity contribution in [3.05, 3.63) is 76.4 Å². The number of carbonyl (C=O) groups is 4. The van der Waals surface area contributed by atoms with Crippen LogP contribution in [0.1, 0.15) is 88.6 Å². The topological polar surface area (TPSA) is 190 Å². The van der Waals surface area contributed by atoms with Crippen molar-refractivity contribution in [1.82, 2.24) is 20.5 Å². The predicted octanol–water partition coefficient (Wildman–Crippen LogP) is 4.14. The summed E-state index contributed by atoms with van der Waals surface area (Å²) in [5, 5.41) is 16.4. The first kappa shape index (κ1) is 41.6. The van der Waals surface area contributed by atoms with E-state index in [2.05, 4.69) is 21.7 Å². The lowest BCUT2D eigenvalue weighted by Crippen LogP contribution is -2.57. The lowest BCUT2D eigenvalue weighted by molar-refractivity contribution is -0.144. The van der Waals surface area contributed by atoms with Gasteiger partial charge in [0.25, 0.3) is 0 Å². The molecule has 1 aliphatic rings. The molecule has 53 heavy (non-hydrogen) atoms. The minimum Gasteiger partial charge on any atom is -0.391 e. The van der Waals surface area contributed by atoms with Gasteiger partial charge in [0.2, 0.25) is 23.6 Å². The molecule has 288 valence electrons. The Balaban J connectivity index is 1.25. The maximum atomic E-state index is 14.0. The number of thiazole rings is 1. The van der Waals surface area contributed by atoms with Crippen LogP contribution in [0.2, 0.25) is 0 Å². The quantitative estimate of drug-likeness (QED) is 0.120. The molecule has 3 aromatic rings. The number of likely N-dealkylation sites (tertiary alicyclic amines) is 1. The van der Waals surface area contributed by atoms with Crippen molar-refractivity contribution in [3.8, 4) is 10.4 Å². The highest BCUT2D eigenvalue weighted by Crippen LogP contribution is 2.28. The third-order valence-electron chi connectivity index (χ3n) is 9.66. The second kappa shape index (κ2) is 19.2. The van der Waals surface area contributed by atoms with E-state index in [-0.39, 0.29) is 68.1 Å². The number of aliphatic hydroxyl groups excluding tert-OH is 1. The van der Waals surface area contributed by atoms with Crippen LogP contribution in [-0.4, -0.2) is 75.5 Å². The van der Waals surface area contributed by atoms with Crippen molar-refractivity contribution in [3.63, 3.8) is 0 Å². The largest absolute Gasteiger partial charge is 0.391 e. The first-order valence-electron chi connectivity index (χ1n) is 18.4. The molecule has 4 amide bonds. The normalized spacial score (nSPS) is 17.6. The van der Waals surface area contributed by atoms with E-state index in [4.69, 9.17) is 16.2 Å². The van der Waals surface area contributed by atoms with Crippen LogP contribution in [-0.2, 0) is 43.5 Å². The van der Waals surface area contributed by atoms with E-state index >= 15 is 0 Å². The molecule has 5 atom stereocenters. The third-order valence-corrected chi connectivity index (χ3v) is 10.6. The van der Waals surface area contributed by atoms with Crippen LogP contribution in [0, 0.1) is 12.3 Å². The van der Waals surface area contributed by atoms with Crippen LogP contribution in [0.5, 0.6) is 0 Å². The number of hydrogen-bond donors (Lipinski definition) is 5. The molecule has 12 nitrogen and oxygen atoms in total. The SMILES string of the molecule is Cc1ncsc1-c1ccc(CNC(=O)[C@@H]2C[C@@H](O)CN2C(=O)[C@@H](NC(=O)CCCCc2cccc(CO[C@H](C)[C@@H](N)CCC(N)=O)c2)C(C)(C)C)cc1. The summed E-state index contributed by atoms with van der Waals surface area (Å²) in [6, 6.07) is 14.0. The van der Waals surface area contributed by atoms with E-state index < -0.39 is 23.6 Å². The number of rotatable bonds is 18. The molecule has 0 radical (unpaired) electrons. The highest BCUT2D eigenvalue weighted by molar-refractivity contribution is 7.13. The Hall–Kier alpha value is -4.17. The Morgan fingerprint density at radius 3 is 2.43 bits per heavy atom. The summed E-state index contributed by atoms with van der Waals surface area (Å²) in [6.07, 6.45) is 2.17. The molecule has 0 unspecified atom stereocenters. The minimum atomic E-state index is -0.874. The molecule has 1 aromatic heterocycles. The predicted molar refractivity (Wildman–Crippen MR) is 206 cm³/mol. The molecule has 0 aliphatic carbocycles. The first-order chi connectivity index (χ1) is 25.1. The number of benzene rings is 2. The highest BCUT2D eigenvalue weighted by atomic mass is 32.1. The molecule has 7 N–H and O–H groups in total. The molecule has 2 heterocycles. The van der Waals surface area contributed by atoms with Gasteiger partial charge in [0.1, 0.15) is 12.1 Å². The standard InChI is InChI=1S/C40H56N6O6S/c1-25-36(53-24-44-25)30-15-13-28(14-16-30)21-43-38(50)33-20-31(47)22-46(33)39(51)37(40(3,4)5)45-35(49)12-7-6-9-27-10-8-11-29(19-27)23-52-26(2)32(41)17-18-34(42)48/h8,10-11,13-16,19,24,26,31-33,37,47H,6-7,9,12,17-18,20-23,41H2,1-5H3,(H2,42,48)(H,43,50)(H,45,49)/t26-,31-,32+,33+,37-/m1/s1. The maximum Gasteiger partial charge on any atom is 0.246 e. The van der Waals surface area contributed by atoms with E-state index in [1.54, 1.807) is 11.3 Å². The first-order valence-corrected chi connectivity index (χ1v) is 19.3. The molecular weight excluding hydrogens is 693 g/mol. The van der Waals surface area contributed by atoms with Gasteiger partial charge in [0, 0.05) is 38.4 Å². The maximum absolute atomic E-state index is 14.0. The number of nitrogens with one attached hydrogen (secondary N) is 2. The number of nitrogens with zero attached hydrogens (tertiary/aromatic N) is 2. The van der Waals surface area contributed by atoms with Gasteiger partial charge in [0.05, 0.1) is 34.9 Å². The van der Waals surface area contributed by atoms with Gasteiger partial charge in [0.15, 0.2) is 0 Å². The fourth-order valence-corrected chi connectivity index (χ4v) is 7.21. The fourth-order valence-electron chi connectivity index (χ4n) is 6.40. The van der Waals surface area contributed by atoms with Gasteiger partial charge in [-0.05, 0) is 67.2 Å². The number of amides is 4. The van der Waals surface area contributed by atoms with Crippen LogP contribution >= 0.6 is 11.3 Å². The summed E-state index contributed by atoms with van der Waals surface area (Å²) < 4.78 is 5.93. The van der Waals surface area contributed by atoms with Crippen LogP contribution in [0.15, 0.2) is 54.0 Å². The zero-order valence-electron chi connectivity index (χ0n) is 31.6. The zero-order chi connectivity index (χ0) is 38.7. The summed E-state index contributed by atoms with van der Waals surface area (Å²) >= 11 is 1.58. The van der Waals surface area contributed by atoms with Crippen LogP contribution in [0.25, 0.3) is 10.4 Å². The molecule has 1 saturated heterocycles. The number of aromatic nitrogens is 1. The lowest BCUT2D eigenvalue weighted by Gasteiger charge is -2.35. The monoisotopic (exact) mass is 748 g/mol. The lowest BCUT2D eigenvalue weighted by atomic mass is 9.85. The summed E-state index contributed by atoms with van der Waals surface area (Å²) in [4.78, 5) is 58.4. The zero-order valence-corrected chi connectivity index (χ0v) is 32.4. The Kier molecular flexibility index (Phi) is 15.1. The molecule has 2 aromatic carbocycles. The molecular formula is C40H56N6O6S. The van der Waals surface area contributed by atoms with Crippen LogP contribution in [0.4, 0.5) is 0 Å². The van der Waals surface area contributed by atoms with E-state index in [1.165, 1.54) is 4.90 Å². The van der Waals surface area contributed by atoms with Gasteiger partial charge in [-0.1, -0.05) is 69.3 Å². The molecule has 13 heteroatoms. The van der Waals surface area contributed by atoms with E-state index in [0.717, 1.165) is 45.7 Å². The average Bonchev–Trinajstić information content (AvgIpc) is 3.74. The van der Waals surface area contributed by atoms with Crippen molar-refractivity contribution >= 4 is 35.0 Å². The number of hydrogen-bond acceptors (Lipinski definition) is 9. The number of primary amides is 1. The Bertz CT molecular complexity index is 1690. The summed E-state index contributed by atoms with van der Waals surface area (Å²) in [6.45, 7) is 10.2. The van der Waals surface area contributed by atoms with Crippen molar-refractivity contribution in [2.45, 2.75) is 123 Å².